The second-order valence-electron chi connectivity index (χ2n) is 8.89. The van der Waals surface area contributed by atoms with Crippen molar-refractivity contribution in [2.75, 3.05) is 7.11 Å². The van der Waals surface area contributed by atoms with Crippen LogP contribution in [0, 0.1) is 0 Å². The highest BCUT2D eigenvalue weighted by molar-refractivity contribution is 9.10. The highest BCUT2D eigenvalue weighted by atomic mass is 79.9. The zero-order valence-corrected chi connectivity index (χ0v) is 20.9. The van der Waals surface area contributed by atoms with Crippen molar-refractivity contribution in [3.05, 3.63) is 108 Å². The fourth-order valence-corrected chi connectivity index (χ4v) is 5.34. The van der Waals surface area contributed by atoms with Gasteiger partial charge in [0, 0.05) is 19.1 Å². The van der Waals surface area contributed by atoms with E-state index in [4.69, 9.17) is 14.2 Å². The Morgan fingerprint density at radius 3 is 1.86 bits per heavy atom. The van der Waals surface area contributed by atoms with Gasteiger partial charge in [0.05, 0.1) is 19.3 Å². The SMILES string of the molecule is COC1(c2ccccc2)[C@H](OCc2ccccc2)[C@@H](OCc2ccccc2)C(=O)N1C1CC1(F)Br. The van der Waals surface area contributed by atoms with Gasteiger partial charge in [0.25, 0.3) is 5.91 Å². The quantitative estimate of drug-likeness (QED) is 0.345. The largest absolute Gasteiger partial charge is 0.365 e. The first-order valence-electron chi connectivity index (χ1n) is 11.6. The number of hydrogen-bond acceptors (Lipinski definition) is 4. The molecule has 0 N–H and O–H groups in total. The van der Waals surface area contributed by atoms with Gasteiger partial charge in [-0.25, -0.2) is 4.39 Å². The number of likely N-dealkylation sites (tertiary alicyclic amines) is 1. The van der Waals surface area contributed by atoms with Crippen LogP contribution in [0.25, 0.3) is 0 Å². The second-order valence-corrected chi connectivity index (χ2v) is 10.2. The molecule has 1 saturated heterocycles. The van der Waals surface area contributed by atoms with Crippen molar-refractivity contribution in [1.82, 2.24) is 4.90 Å². The molecule has 1 heterocycles. The first-order valence-corrected chi connectivity index (χ1v) is 12.4. The third kappa shape index (κ3) is 4.54. The van der Waals surface area contributed by atoms with Crippen molar-refractivity contribution in [2.45, 2.75) is 48.2 Å². The molecule has 1 aliphatic carbocycles. The van der Waals surface area contributed by atoms with E-state index >= 15 is 4.39 Å². The van der Waals surface area contributed by atoms with E-state index in [0.717, 1.165) is 11.1 Å². The Hall–Kier alpha value is -2.58. The smallest absolute Gasteiger partial charge is 0.257 e. The van der Waals surface area contributed by atoms with Gasteiger partial charge in [-0.2, -0.15) is 0 Å². The summed E-state index contributed by atoms with van der Waals surface area (Å²) in [5, 5.41) is 0. The number of alkyl halides is 2. The molecule has 3 aromatic rings. The number of ether oxygens (including phenoxy) is 3. The van der Waals surface area contributed by atoms with Gasteiger partial charge in [0.1, 0.15) is 6.10 Å². The van der Waals surface area contributed by atoms with Gasteiger partial charge in [-0.15, -0.1) is 0 Å². The third-order valence-electron chi connectivity index (χ3n) is 6.65. The van der Waals surface area contributed by atoms with Gasteiger partial charge >= 0.3 is 0 Å². The molecular weight excluding hydrogens is 513 g/mol. The van der Waals surface area contributed by atoms with Crippen LogP contribution in [0.3, 0.4) is 0 Å². The van der Waals surface area contributed by atoms with E-state index in [9.17, 15) is 4.79 Å². The van der Waals surface area contributed by atoms with Crippen LogP contribution in [0.1, 0.15) is 23.1 Å². The number of benzene rings is 3. The molecule has 0 radical (unpaired) electrons. The molecule has 182 valence electrons. The molecule has 3 aromatic carbocycles. The first kappa shape index (κ1) is 24.1. The molecule has 5 rings (SSSR count). The number of carbonyl (C=O) groups is 1. The molecule has 1 aliphatic heterocycles. The molecule has 7 heteroatoms. The number of halogens is 2. The van der Waals surface area contributed by atoms with Crippen LogP contribution in [0.5, 0.6) is 0 Å². The molecular formula is C28H27BrFNO4. The van der Waals surface area contributed by atoms with E-state index in [0.29, 0.717) is 5.56 Å². The van der Waals surface area contributed by atoms with Crippen molar-refractivity contribution in [1.29, 1.82) is 0 Å². The van der Waals surface area contributed by atoms with Crippen LogP contribution in [-0.2, 0) is 37.9 Å². The standard InChI is InChI=1S/C28H27BrFNO4/c1-33-28(22-15-9-4-10-16-22)25(35-19-21-13-7-3-8-14-21)24(34-18-20-11-5-2-6-12-20)26(32)31(28)23-17-27(23,29)30/h2-16,23-25H,17-19H2,1H3/t23?,24-,25-,27?,28?/m1/s1. The fraction of sp³-hybridized carbons (Fsp3) is 0.321. The maximum Gasteiger partial charge on any atom is 0.257 e. The molecule has 5 atom stereocenters. The van der Waals surface area contributed by atoms with Crippen LogP contribution in [0.15, 0.2) is 91.0 Å². The van der Waals surface area contributed by atoms with Gasteiger partial charge in [0.2, 0.25) is 0 Å². The average Bonchev–Trinajstić information content (AvgIpc) is 3.44. The van der Waals surface area contributed by atoms with Crippen molar-refractivity contribution >= 4 is 21.8 Å². The topological polar surface area (TPSA) is 48.0 Å². The Kier molecular flexibility index (Phi) is 6.77. The van der Waals surface area contributed by atoms with Crippen LogP contribution >= 0.6 is 15.9 Å². The first-order chi connectivity index (χ1) is 17.0. The van der Waals surface area contributed by atoms with E-state index in [-0.39, 0.29) is 25.5 Å². The second kappa shape index (κ2) is 9.82. The predicted molar refractivity (Wildman–Crippen MR) is 133 cm³/mol. The summed E-state index contributed by atoms with van der Waals surface area (Å²) in [6.45, 7) is 0.458. The molecule has 1 amide bonds. The normalized spacial score (nSPS) is 30.0. The minimum Gasteiger partial charge on any atom is -0.365 e. The van der Waals surface area contributed by atoms with E-state index in [1.54, 1.807) is 0 Å². The van der Waals surface area contributed by atoms with Gasteiger partial charge in [-0.3, -0.25) is 9.69 Å². The average molecular weight is 540 g/mol. The maximum atomic E-state index is 15.0. The molecule has 2 fully saturated rings. The number of methoxy groups -OCH3 is 1. The molecule has 1 saturated carbocycles. The number of rotatable bonds is 9. The molecule has 5 nitrogen and oxygen atoms in total. The van der Waals surface area contributed by atoms with E-state index in [1.165, 1.54) is 12.0 Å². The van der Waals surface area contributed by atoms with Crippen molar-refractivity contribution in [3.8, 4) is 0 Å². The summed E-state index contributed by atoms with van der Waals surface area (Å²) < 4.78 is 32.2. The lowest BCUT2D eigenvalue weighted by atomic mass is 9.95. The Morgan fingerprint density at radius 2 is 1.37 bits per heavy atom. The molecule has 2 aliphatic rings. The van der Waals surface area contributed by atoms with Gasteiger partial charge in [0.15, 0.2) is 16.4 Å². The number of amides is 1. The van der Waals surface area contributed by atoms with Gasteiger partial charge in [-0.1, -0.05) is 91.0 Å². The summed E-state index contributed by atoms with van der Waals surface area (Å²) in [6, 6.07) is 28.0. The van der Waals surface area contributed by atoms with Gasteiger partial charge < -0.3 is 14.2 Å². The number of hydrogen-bond donors (Lipinski definition) is 0. The fourth-order valence-electron chi connectivity index (χ4n) is 4.83. The van der Waals surface area contributed by atoms with Crippen molar-refractivity contribution in [2.24, 2.45) is 0 Å². The van der Waals surface area contributed by atoms with E-state index in [1.807, 2.05) is 91.0 Å². The minimum atomic E-state index is -1.68. The van der Waals surface area contributed by atoms with Crippen LogP contribution < -0.4 is 0 Å². The van der Waals surface area contributed by atoms with Gasteiger partial charge in [-0.05, 0) is 27.1 Å². The van der Waals surface area contributed by atoms with Crippen molar-refractivity contribution < 1.29 is 23.4 Å². The maximum absolute atomic E-state index is 15.0. The zero-order valence-electron chi connectivity index (χ0n) is 19.3. The molecule has 3 unspecified atom stereocenters. The summed E-state index contributed by atoms with van der Waals surface area (Å²) >= 11 is 3.14. The molecule has 0 aromatic heterocycles. The Morgan fingerprint density at radius 1 is 0.886 bits per heavy atom. The lowest BCUT2D eigenvalue weighted by Gasteiger charge is -2.41. The lowest BCUT2D eigenvalue weighted by molar-refractivity contribution is -0.209. The summed E-state index contributed by atoms with van der Waals surface area (Å²) in [4.78, 5) is 15.4. The van der Waals surface area contributed by atoms with E-state index in [2.05, 4.69) is 15.9 Å². The number of nitrogens with zero attached hydrogens (tertiary/aromatic N) is 1. The monoisotopic (exact) mass is 539 g/mol. The Labute approximate surface area is 212 Å². The summed E-state index contributed by atoms with van der Waals surface area (Å²) in [6.07, 6.45) is -1.66. The highest BCUT2D eigenvalue weighted by Crippen LogP contribution is 2.57. The minimum absolute atomic E-state index is 0.160. The van der Waals surface area contributed by atoms with Crippen molar-refractivity contribution in [3.63, 3.8) is 0 Å². The Balaban J connectivity index is 1.55. The van der Waals surface area contributed by atoms with E-state index < -0.39 is 28.6 Å². The highest BCUT2D eigenvalue weighted by Gasteiger charge is 2.71. The number of carbonyl (C=O) groups excluding carboxylic acids is 1. The van der Waals surface area contributed by atoms with Crippen LogP contribution in [0.2, 0.25) is 0 Å². The predicted octanol–water partition coefficient (Wildman–Crippen LogP) is 5.33. The molecule has 0 spiro atoms. The van der Waals surface area contributed by atoms with Crippen LogP contribution in [-0.4, -0.2) is 40.7 Å². The van der Waals surface area contributed by atoms with Crippen LogP contribution in [0.4, 0.5) is 4.39 Å². The third-order valence-corrected chi connectivity index (χ3v) is 7.50. The molecule has 35 heavy (non-hydrogen) atoms. The molecule has 0 bridgehead atoms. The Bertz CT molecular complexity index is 1150. The summed E-state index contributed by atoms with van der Waals surface area (Å²) in [5.74, 6) is -0.353. The summed E-state index contributed by atoms with van der Waals surface area (Å²) in [7, 11) is 1.53. The zero-order chi connectivity index (χ0) is 24.5. The summed E-state index contributed by atoms with van der Waals surface area (Å²) in [5.41, 5.74) is 1.22. The lowest BCUT2D eigenvalue weighted by Crippen LogP contribution is -2.53.